The lowest BCUT2D eigenvalue weighted by Gasteiger charge is -2.04. The van der Waals surface area contributed by atoms with Gasteiger partial charge >= 0.3 is 0 Å². The third-order valence-corrected chi connectivity index (χ3v) is 2.43. The molecule has 5 nitrogen and oxygen atoms in total. The van der Waals surface area contributed by atoms with E-state index in [1.54, 1.807) is 6.20 Å². The summed E-state index contributed by atoms with van der Waals surface area (Å²) in [5.74, 6) is 6.45. The van der Waals surface area contributed by atoms with Gasteiger partial charge in [-0.1, -0.05) is 5.92 Å². The Hall–Kier alpha value is -1.61. The van der Waals surface area contributed by atoms with Crippen LogP contribution >= 0.6 is 15.9 Å². The second kappa shape index (κ2) is 4.49. The van der Waals surface area contributed by atoms with Crippen molar-refractivity contribution in [2.75, 3.05) is 19.3 Å². The second-order valence-corrected chi connectivity index (χ2v) is 4.22. The van der Waals surface area contributed by atoms with E-state index >= 15 is 0 Å². The molecule has 0 fully saturated rings. The van der Waals surface area contributed by atoms with Crippen LogP contribution in [0.5, 0.6) is 0 Å². The normalized spacial score (nSPS) is 18.4. The lowest BCUT2D eigenvalue weighted by atomic mass is 10.2. The number of aromatic nitrogens is 2. The highest BCUT2D eigenvalue weighted by atomic mass is 79.9. The van der Waals surface area contributed by atoms with E-state index in [1.807, 2.05) is 18.3 Å². The molecule has 0 spiro atoms. The van der Waals surface area contributed by atoms with Crippen LogP contribution in [-0.2, 0) is 0 Å². The van der Waals surface area contributed by atoms with Gasteiger partial charge in [-0.25, -0.2) is 9.97 Å². The highest BCUT2D eigenvalue weighted by Gasteiger charge is 2.11. The topological polar surface area (TPSA) is 67.4 Å². The molecule has 1 aromatic rings. The molecule has 0 saturated heterocycles. The van der Waals surface area contributed by atoms with Crippen LogP contribution in [0, 0.1) is 17.8 Å². The molecule has 1 aromatic heterocycles. The quantitative estimate of drug-likeness (QED) is 0.711. The van der Waals surface area contributed by atoms with Crippen LogP contribution in [0.15, 0.2) is 15.9 Å². The number of anilines is 1. The first kappa shape index (κ1) is 10.9. The van der Waals surface area contributed by atoms with E-state index in [-0.39, 0.29) is 5.92 Å². The maximum absolute atomic E-state index is 5.66. The molecule has 1 aliphatic rings. The van der Waals surface area contributed by atoms with Gasteiger partial charge in [0.15, 0.2) is 11.5 Å². The molecule has 0 aliphatic carbocycles. The maximum atomic E-state index is 5.66. The molecule has 1 unspecified atom stereocenters. The fourth-order valence-corrected chi connectivity index (χ4v) is 1.57. The minimum Gasteiger partial charge on any atom is -0.381 e. The number of hydrogen-bond acceptors (Lipinski definition) is 5. The number of nitrogens with two attached hydrogens (primary N) is 1. The van der Waals surface area contributed by atoms with E-state index in [0.717, 1.165) is 6.54 Å². The van der Waals surface area contributed by atoms with Crippen LogP contribution in [-0.4, -0.2) is 34.8 Å². The van der Waals surface area contributed by atoms with Gasteiger partial charge in [-0.2, -0.15) is 5.10 Å². The molecule has 16 heavy (non-hydrogen) atoms. The van der Waals surface area contributed by atoms with Gasteiger partial charge in [0.25, 0.3) is 0 Å². The first-order chi connectivity index (χ1) is 7.65. The lowest BCUT2D eigenvalue weighted by Crippen LogP contribution is -2.11. The van der Waals surface area contributed by atoms with Crippen molar-refractivity contribution in [3.63, 3.8) is 0 Å². The van der Waals surface area contributed by atoms with E-state index in [4.69, 9.17) is 5.73 Å². The summed E-state index contributed by atoms with van der Waals surface area (Å²) in [6, 6.07) is 0. The number of rotatable bonds is 0. The minimum atomic E-state index is 0.130. The van der Waals surface area contributed by atoms with Crippen LogP contribution in [0.2, 0.25) is 0 Å². The van der Waals surface area contributed by atoms with Crippen LogP contribution in [0.3, 0.4) is 0 Å². The average molecular weight is 280 g/mol. The maximum Gasteiger partial charge on any atom is 0.158 e. The van der Waals surface area contributed by atoms with Crippen molar-refractivity contribution in [3.05, 3.63) is 16.5 Å². The highest BCUT2D eigenvalue weighted by molar-refractivity contribution is 9.10. The molecule has 6 heteroatoms. The summed E-state index contributed by atoms with van der Waals surface area (Å²) in [4.78, 5) is 8.11. The minimum absolute atomic E-state index is 0.130. The van der Waals surface area contributed by atoms with Crippen LogP contribution in [0.1, 0.15) is 5.69 Å². The van der Waals surface area contributed by atoms with Crippen molar-refractivity contribution in [3.8, 4) is 11.8 Å². The van der Waals surface area contributed by atoms with Crippen LogP contribution in [0.4, 0.5) is 5.82 Å². The van der Waals surface area contributed by atoms with Crippen molar-refractivity contribution < 1.29 is 0 Å². The Morgan fingerprint density at radius 1 is 1.62 bits per heavy atom. The summed E-state index contributed by atoms with van der Waals surface area (Å²) in [6.07, 6.45) is 3.36. The van der Waals surface area contributed by atoms with Crippen molar-refractivity contribution in [1.29, 1.82) is 0 Å². The lowest BCUT2D eigenvalue weighted by molar-refractivity contribution is 0.378. The Balaban J connectivity index is 2.18. The number of halogens is 1. The second-order valence-electron chi connectivity index (χ2n) is 3.41. The molecule has 82 valence electrons. The summed E-state index contributed by atoms with van der Waals surface area (Å²) in [6.45, 7) is 0.800. The van der Waals surface area contributed by atoms with E-state index in [2.05, 4.69) is 42.8 Å². The molecule has 1 atom stereocenters. The van der Waals surface area contributed by atoms with Crippen molar-refractivity contribution in [1.82, 2.24) is 15.0 Å². The van der Waals surface area contributed by atoms with Gasteiger partial charge in [-0.05, 0) is 21.9 Å². The number of nitrogen functional groups attached to an aromatic ring is 1. The molecule has 2 rings (SSSR count). The predicted octanol–water partition coefficient (Wildman–Crippen LogP) is 0.720. The zero-order chi connectivity index (χ0) is 11.5. The summed E-state index contributed by atoms with van der Waals surface area (Å²) in [5.41, 5.74) is 6.16. The Bertz CT molecular complexity index is 488. The molecule has 0 saturated carbocycles. The molecule has 0 bridgehead atoms. The van der Waals surface area contributed by atoms with Crippen molar-refractivity contribution >= 4 is 28.0 Å². The average Bonchev–Trinajstić information content (AvgIpc) is 2.66. The Morgan fingerprint density at radius 3 is 3.12 bits per heavy atom. The summed E-state index contributed by atoms with van der Waals surface area (Å²) < 4.78 is 0.628. The number of hydrogen-bond donors (Lipinski definition) is 1. The molecular formula is C10H10BrN5. The summed E-state index contributed by atoms with van der Waals surface area (Å²) in [5, 5.41) is 5.94. The third kappa shape index (κ3) is 2.49. The first-order valence-corrected chi connectivity index (χ1v) is 5.49. The standard InChI is InChI=1S/C10H10BrN5/c1-16-6-7(4-14-16)2-3-8-10(12)13-5-9(11)15-8/h4-5,7H,6H2,1H3,(H2,12,13). The smallest absolute Gasteiger partial charge is 0.158 e. The van der Waals surface area contributed by atoms with Gasteiger partial charge in [0.1, 0.15) is 4.60 Å². The summed E-state index contributed by atoms with van der Waals surface area (Å²) in [7, 11) is 1.91. The van der Waals surface area contributed by atoms with Gasteiger partial charge in [0, 0.05) is 13.3 Å². The zero-order valence-electron chi connectivity index (χ0n) is 8.68. The number of hydrazone groups is 1. The Labute approximate surface area is 102 Å². The van der Waals surface area contributed by atoms with E-state index < -0.39 is 0 Å². The van der Waals surface area contributed by atoms with Crippen molar-refractivity contribution in [2.45, 2.75) is 0 Å². The summed E-state index contributed by atoms with van der Waals surface area (Å²) >= 11 is 3.23. The van der Waals surface area contributed by atoms with Gasteiger partial charge in [0.2, 0.25) is 0 Å². The molecule has 0 amide bonds. The van der Waals surface area contributed by atoms with E-state index in [0.29, 0.717) is 16.1 Å². The number of nitrogens with zero attached hydrogens (tertiary/aromatic N) is 4. The van der Waals surface area contributed by atoms with Gasteiger partial charge in [0.05, 0.1) is 18.7 Å². The van der Waals surface area contributed by atoms with E-state index in [9.17, 15) is 0 Å². The monoisotopic (exact) mass is 279 g/mol. The Kier molecular flexibility index (Phi) is 3.06. The Morgan fingerprint density at radius 2 is 2.44 bits per heavy atom. The molecular weight excluding hydrogens is 270 g/mol. The van der Waals surface area contributed by atoms with Crippen molar-refractivity contribution in [2.24, 2.45) is 11.0 Å². The molecule has 2 N–H and O–H groups in total. The first-order valence-electron chi connectivity index (χ1n) is 4.70. The largest absolute Gasteiger partial charge is 0.381 e. The molecule has 1 aliphatic heterocycles. The van der Waals surface area contributed by atoms with E-state index in [1.165, 1.54) is 0 Å². The molecule has 0 radical (unpaired) electrons. The van der Waals surface area contributed by atoms with Gasteiger partial charge in [-0.3, -0.25) is 5.01 Å². The predicted molar refractivity (Wildman–Crippen MR) is 65.6 cm³/mol. The highest BCUT2D eigenvalue weighted by Crippen LogP contribution is 2.10. The molecule has 2 heterocycles. The van der Waals surface area contributed by atoms with Crippen LogP contribution < -0.4 is 5.73 Å². The molecule has 0 aromatic carbocycles. The SMILES string of the molecule is CN1CC(C#Cc2nc(Br)cnc2N)C=N1. The van der Waals surface area contributed by atoms with Gasteiger partial charge < -0.3 is 5.73 Å². The van der Waals surface area contributed by atoms with Gasteiger partial charge in [-0.15, -0.1) is 0 Å². The van der Waals surface area contributed by atoms with Crippen LogP contribution in [0.25, 0.3) is 0 Å². The zero-order valence-corrected chi connectivity index (χ0v) is 10.3. The third-order valence-electron chi connectivity index (χ3n) is 2.05. The fourth-order valence-electron chi connectivity index (χ4n) is 1.29. The fraction of sp³-hybridized carbons (Fsp3) is 0.300.